The fourth-order valence-corrected chi connectivity index (χ4v) is 3.69. The van der Waals surface area contributed by atoms with Gasteiger partial charge in [0.25, 0.3) is 0 Å². The maximum absolute atomic E-state index is 12.4. The molecule has 1 aromatic carbocycles. The number of pyridine rings is 1. The third kappa shape index (κ3) is 4.37. The first kappa shape index (κ1) is 17.9. The Morgan fingerprint density at radius 2 is 2.08 bits per heavy atom. The molecule has 134 valence electrons. The Morgan fingerprint density at radius 1 is 1.28 bits per heavy atom. The van der Waals surface area contributed by atoms with Gasteiger partial charge in [0.05, 0.1) is 11.6 Å². The van der Waals surface area contributed by atoms with Gasteiger partial charge in [0, 0.05) is 37.0 Å². The first-order valence-electron chi connectivity index (χ1n) is 9.33. The molecule has 1 fully saturated rings. The summed E-state index contributed by atoms with van der Waals surface area (Å²) in [6.07, 6.45) is 4.77. The maximum Gasteiger partial charge on any atom is 0.222 e. The zero-order valence-corrected chi connectivity index (χ0v) is 15.2. The molecule has 0 radical (unpaired) electrons. The number of likely N-dealkylation sites (tertiary alicyclic amines) is 1. The number of carbonyl (C=O) groups excluding carboxylic acids is 1. The van der Waals surface area contributed by atoms with Crippen molar-refractivity contribution < 1.29 is 9.90 Å². The van der Waals surface area contributed by atoms with Crippen molar-refractivity contribution in [2.45, 2.75) is 45.6 Å². The number of fused-ring (bicyclic) bond motifs is 1. The molecule has 4 heteroatoms. The molecule has 25 heavy (non-hydrogen) atoms. The van der Waals surface area contributed by atoms with Crippen molar-refractivity contribution in [3.05, 3.63) is 42.1 Å². The van der Waals surface area contributed by atoms with Crippen LogP contribution < -0.4 is 0 Å². The topological polar surface area (TPSA) is 53.4 Å². The van der Waals surface area contributed by atoms with Crippen LogP contribution in [0.4, 0.5) is 0 Å². The Kier molecular flexibility index (Phi) is 5.69. The first-order valence-corrected chi connectivity index (χ1v) is 9.33. The number of hydrogen-bond acceptors (Lipinski definition) is 3. The number of aromatic nitrogens is 1. The second-order valence-electron chi connectivity index (χ2n) is 7.60. The van der Waals surface area contributed by atoms with E-state index in [0.717, 1.165) is 30.2 Å². The minimum Gasteiger partial charge on any atom is -0.391 e. The third-order valence-electron chi connectivity index (χ3n) is 5.15. The fraction of sp³-hybridized carbons (Fsp3) is 0.524. The molecule has 0 saturated carbocycles. The van der Waals surface area contributed by atoms with E-state index >= 15 is 0 Å². The van der Waals surface area contributed by atoms with Crippen molar-refractivity contribution in [3.8, 4) is 0 Å². The molecule has 1 aromatic heterocycles. The summed E-state index contributed by atoms with van der Waals surface area (Å²) in [5.41, 5.74) is 2.18. The molecular weight excluding hydrogens is 312 g/mol. The predicted octanol–water partition coefficient (Wildman–Crippen LogP) is 3.42. The average Bonchev–Trinajstić information content (AvgIpc) is 2.96. The van der Waals surface area contributed by atoms with Crippen molar-refractivity contribution in [1.29, 1.82) is 0 Å². The third-order valence-corrected chi connectivity index (χ3v) is 5.15. The molecule has 0 aliphatic carbocycles. The van der Waals surface area contributed by atoms with Crippen molar-refractivity contribution in [3.63, 3.8) is 0 Å². The zero-order chi connectivity index (χ0) is 17.8. The van der Waals surface area contributed by atoms with Gasteiger partial charge in [-0.05, 0) is 36.5 Å². The molecule has 4 nitrogen and oxygen atoms in total. The largest absolute Gasteiger partial charge is 0.391 e. The van der Waals surface area contributed by atoms with Crippen LogP contribution in [0, 0.1) is 11.8 Å². The fourth-order valence-electron chi connectivity index (χ4n) is 3.69. The summed E-state index contributed by atoms with van der Waals surface area (Å²) in [4.78, 5) is 18.6. The molecule has 1 amide bonds. The van der Waals surface area contributed by atoms with E-state index in [-0.39, 0.29) is 11.8 Å². The van der Waals surface area contributed by atoms with Crippen LogP contribution in [-0.4, -0.2) is 40.1 Å². The van der Waals surface area contributed by atoms with E-state index in [1.54, 1.807) is 0 Å². The van der Waals surface area contributed by atoms with Crippen molar-refractivity contribution >= 4 is 16.8 Å². The van der Waals surface area contributed by atoms with Gasteiger partial charge in [0.1, 0.15) is 0 Å². The molecule has 2 unspecified atom stereocenters. The highest BCUT2D eigenvalue weighted by molar-refractivity contribution is 5.82. The molecule has 2 heterocycles. The van der Waals surface area contributed by atoms with Crippen LogP contribution in [-0.2, 0) is 11.2 Å². The van der Waals surface area contributed by atoms with Crippen LogP contribution in [0.15, 0.2) is 36.5 Å². The number of carbonyl (C=O) groups is 1. The van der Waals surface area contributed by atoms with E-state index in [9.17, 15) is 9.90 Å². The number of benzene rings is 1. The smallest absolute Gasteiger partial charge is 0.222 e. The van der Waals surface area contributed by atoms with Crippen LogP contribution in [0.1, 0.15) is 38.7 Å². The van der Waals surface area contributed by atoms with Gasteiger partial charge in [-0.15, -0.1) is 0 Å². The number of nitrogens with zero attached hydrogens (tertiary/aromatic N) is 2. The Bertz CT molecular complexity index is 723. The number of aliphatic hydroxyl groups excluding tert-OH is 1. The van der Waals surface area contributed by atoms with Crippen LogP contribution in [0.2, 0.25) is 0 Å². The monoisotopic (exact) mass is 340 g/mol. The van der Waals surface area contributed by atoms with E-state index < -0.39 is 6.10 Å². The Hall–Kier alpha value is -1.94. The minimum absolute atomic E-state index is 0.0971. The van der Waals surface area contributed by atoms with Crippen LogP contribution >= 0.6 is 0 Å². The van der Waals surface area contributed by atoms with E-state index in [1.165, 1.54) is 5.56 Å². The predicted molar refractivity (Wildman–Crippen MR) is 100 cm³/mol. The number of hydrogen-bond donors (Lipinski definition) is 1. The van der Waals surface area contributed by atoms with E-state index in [0.29, 0.717) is 25.4 Å². The molecule has 1 N–H and O–H groups in total. The van der Waals surface area contributed by atoms with Crippen LogP contribution in [0.3, 0.4) is 0 Å². The minimum atomic E-state index is -0.444. The van der Waals surface area contributed by atoms with Gasteiger partial charge in [-0.3, -0.25) is 9.78 Å². The molecule has 0 bridgehead atoms. The van der Waals surface area contributed by atoms with Crippen molar-refractivity contribution in [2.75, 3.05) is 13.1 Å². The van der Waals surface area contributed by atoms with Gasteiger partial charge < -0.3 is 10.0 Å². The lowest BCUT2D eigenvalue weighted by atomic mass is 9.94. The zero-order valence-electron chi connectivity index (χ0n) is 15.2. The lowest BCUT2D eigenvalue weighted by molar-refractivity contribution is -0.130. The highest BCUT2D eigenvalue weighted by Crippen LogP contribution is 2.26. The highest BCUT2D eigenvalue weighted by Gasteiger charge is 2.33. The van der Waals surface area contributed by atoms with Gasteiger partial charge in [0.15, 0.2) is 0 Å². The van der Waals surface area contributed by atoms with Crippen molar-refractivity contribution in [2.24, 2.45) is 11.8 Å². The second-order valence-corrected chi connectivity index (χ2v) is 7.60. The summed E-state index contributed by atoms with van der Waals surface area (Å²) in [7, 11) is 0. The first-order chi connectivity index (χ1) is 12.0. The Labute approximate surface area is 149 Å². The number of aliphatic hydroxyl groups is 1. The molecule has 1 aliphatic rings. The number of β-amino-alcohol motifs (C(OH)–C–C–N with tert-alkyl or cyclic N) is 1. The van der Waals surface area contributed by atoms with Crippen molar-refractivity contribution in [1.82, 2.24) is 9.88 Å². The van der Waals surface area contributed by atoms with Gasteiger partial charge in [-0.25, -0.2) is 0 Å². The summed E-state index contributed by atoms with van der Waals surface area (Å²) in [6.45, 7) is 5.48. The summed E-state index contributed by atoms with van der Waals surface area (Å²) >= 11 is 0. The SMILES string of the molecule is CC(C)CCCC(=O)N1CC(O)C(Cc2ccnc3ccccc23)C1. The van der Waals surface area contributed by atoms with Crippen LogP contribution in [0.5, 0.6) is 0 Å². The molecule has 0 spiro atoms. The molecule has 2 aromatic rings. The van der Waals surface area contributed by atoms with E-state index in [4.69, 9.17) is 0 Å². The highest BCUT2D eigenvalue weighted by atomic mass is 16.3. The molecule has 1 aliphatic heterocycles. The van der Waals surface area contributed by atoms with Crippen LogP contribution in [0.25, 0.3) is 10.9 Å². The summed E-state index contributed by atoms with van der Waals surface area (Å²) in [6, 6.07) is 10.1. The lowest BCUT2D eigenvalue weighted by Crippen LogP contribution is -2.29. The average molecular weight is 340 g/mol. The molecular formula is C21H28N2O2. The Morgan fingerprint density at radius 3 is 2.88 bits per heavy atom. The quantitative estimate of drug-likeness (QED) is 0.876. The standard InChI is InChI=1S/C21H28N2O2/c1-15(2)6-5-9-21(25)23-13-17(20(24)14-23)12-16-10-11-22-19-8-4-3-7-18(16)19/h3-4,7-8,10-11,15,17,20,24H,5-6,9,12-14H2,1-2H3. The molecule has 1 saturated heterocycles. The van der Waals surface area contributed by atoms with Gasteiger partial charge in [0.2, 0.25) is 5.91 Å². The summed E-state index contributed by atoms with van der Waals surface area (Å²) < 4.78 is 0. The number of para-hydroxylation sites is 1. The summed E-state index contributed by atoms with van der Waals surface area (Å²) in [5, 5.41) is 11.6. The number of amides is 1. The summed E-state index contributed by atoms with van der Waals surface area (Å²) in [5.74, 6) is 0.909. The molecule has 3 rings (SSSR count). The number of rotatable bonds is 6. The maximum atomic E-state index is 12.4. The lowest BCUT2D eigenvalue weighted by Gasteiger charge is -2.17. The molecule has 2 atom stereocenters. The van der Waals surface area contributed by atoms with Gasteiger partial charge in [-0.2, -0.15) is 0 Å². The van der Waals surface area contributed by atoms with E-state index in [2.05, 4.69) is 24.9 Å². The Balaban J connectivity index is 1.63. The second kappa shape index (κ2) is 7.96. The normalized spacial score (nSPS) is 20.6. The van der Waals surface area contributed by atoms with Gasteiger partial charge >= 0.3 is 0 Å². The van der Waals surface area contributed by atoms with Gasteiger partial charge in [-0.1, -0.05) is 38.5 Å². The van der Waals surface area contributed by atoms with E-state index in [1.807, 2.05) is 35.4 Å².